The van der Waals surface area contributed by atoms with E-state index < -0.39 is 47.1 Å². The molecular weight excluding hydrogens is 608 g/mol. The molecule has 46 heavy (non-hydrogen) atoms. The van der Waals surface area contributed by atoms with Gasteiger partial charge in [-0.1, -0.05) is 6.07 Å². The Labute approximate surface area is 260 Å². The van der Waals surface area contributed by atoms with Gasteiger partial charge >= 0.3 is 6.18 Å². The van der Waals surface area contributed by atoms with Crippen LogP contribution >= 0.6 is 0 Å². The maximum absolute atomic E-state index is 14.7. The maximum Gasteiger partial charge on any atom is 0.424 e. The molecule has 0 saturated heterocycles. The summed E-state index contributed by atoms with van der Waals surface area (Å²) in [6.07, 6.45) is -2.16. The molecule has 1 unspecified atom stereocenters. The molecular formula is C33H28F4N4O5. The first-order chi connectivity index (χ1) is 21.8. The first kappa shape index (κ1) is 31.0. The number of hydrogen-bond acceptors (Lipinski definition) is 7. The van der Waals surface area contributed by atoms with Gasteiger partial charge in [-0.25, -0.2) is 9.37 Å². The second kappa shape index (κ2) is 11.4. The van der Waals surface area contributed by atoms with E-state index in [1.807, 2.05) is 0 Å². The van der Waals surface area contributed by atoms with Crippen LogP contribution in [0.5, 0.6) is 11.5 Å². The van der Waals surface area contributed by atoms with E-state index in [0.29, 0.717) is 17.0 Å². The van der Waals surface area contributed by atoms with Gasteiger partial charge in [0.1, 0.15) is 35.0 Å². The Bertz CT molecular complexity index is 1820. The molecule has 0 bridgehead atoms. The number of primary amides is 1. The summed E-state index contributed by atoms with van der Waals surface area (Å²) < 4.78 is 69.6. The third kappa shape index (κ3) is 5.62. The molecule has 1 aliphatic heterocycles. The number of amides is 2. The van der Waals surface area contributed by atoms with Crippen molar-refractivity contribution < 1.29 is 41.7 Å². The maximum atomic E-state index is 14.7. The molecule has 2 atom stereocenters. The standard InChI is InChI=1S/C33H28F4N4O5/c1-31(30(38)43)17-45-28-23(31)15-26(41-27(28)18-5-8-20(34)9-6-18)32(44,33(35,36)37)16-40-29(42)19-7-12-22(24-4-2-3-13-39-24)25(14-19)46-21-10-11-21/h2-9,12-15,21,44H,10-11,16-17H2,1H3,(H2,38,43)(H,40,42)/t31-,32?/m0/s1. The number of aliphatic hydroxyl groups is 1. The smallest absolute Gasteiger partial charge is 0.424 e. The van der Waals surface area contributed by atoms with E-state index in [4.69, 9.17) is 15.2 Å². The Balaban J connectivity index is 1.37. The summed E-state index contributed by atoms with van der Waals surface area (Å²) in [5, 5.41) is 13.5. The van der Waals surface area contributed by atoms with Crippen molar-refractivity contribution in [3.63, 3.8) is 0 Å². The highest BCUT2D eigenvalue weighted by Crippen LogP contribution is 2.47. The number of carbonyl (C=O) groups is 2. The number of benzene rings is 2. The van der Waals surface area contributed by atoms with Gasteiger partial charge in [-0.2, -0.15) is 13.2 Å². The van der Waals surface area contributed by atoms with Crippen molar-refractivity contribution >= 4 is 11.8 Å². The number of rotatable bonds is 9. The normalized spacial score (nSPS) is 18.7. The molecule has 6 rings (SSSR count). The first-order valence-corrected chi connectivity index (χ1v) is 14.3. The topological polar surface area (TPSA) is 137 Å². The fourth-order valence-corrected chi connectivity index (χ4v) is 5.11. The Morgan fingerprint density at radius 3 is 2.48 bits per heavy atom. The van der Waals surface area contributed by atoms with Crippen molar-refractivity contribution in [2.24, 2.45) is 5.73 Å². The van der Waals surface area contributed by atoms with Crippen LogP contribution in [0.4, 0.5) is 17.6 Å². The predicted molar refractivity (Wildman–Crippen MR) is 157 cm³/mol. The number of pyridine rings is 2. The van der Waals surface area contributed by atoms with Gasteiger partial charge in [0.2, 0.25) is 11.5 Å². The molecule has 1 saturated carbocycles. The van der Waals surface area contributed by atoms with E-state index in [1.54, 1.807) is 30.5 Å². The van der Waals surface area contributed by atoms with Crippen molar-refractivity contribution in [1.82, 2.24) is 15.3 Å². The molecule has 238 valence electrons. The molecule has 1 fully saturated rings. The highest BCUT2D eigenvalue weighted by Gasteiger charge is 2.57. The lowest BCUT2D eigenvalue weighted by Crippen LogP contribution is -2.51. The highest BCUT2D eigenvalue weighted by atomic mass is 19.4. The van der Waals surface area contributed by atoms with Gasteiger partial charge in [-0.3, -0.25) is 14.6 Å². The van der Waals surface area contributed by atoms with Crippen LogP contribution in [-0.4, -0.2) is 52.3 Å². The Morgan fingerprint density at radius 1 is 1.11 bits per heavy atom. The van der Waals surface area contributed by atoms with Gasteiger partial charge in [0.25, 0.3) is 5.91 Å². The van der Waals surface area contributed by atoms with E-state index in [-0.39, 0.29) is 40.8 Å². The summed E-state index contributed by atoms with van der Waals surface area (Å²) in [5.74, 6) is -2.08. The molecule has 2 aliphatic rings. The molecule has 3 heterocycles. The van der Waals surface area contributed by atoms with Crippen LogP contribution in [0.15, 0.2) is 72.9 Å². The molecule has 2 aromatic heterocycles. The summed E-state index contributed by atoms with van der Waals surface area (Å²) in [4.78, 5) is 34.1. The first-order valence-electron chi connectivity index (χ1n) is 14.3. The lowest BCUT2D eigenvalue weighted by molar-refractivity contribution is -0.265. The number of ether oxygens (including phenoxy) is 2. The van der Waals surface area contributed by atoms with Gasteiger partial charge in [-0.15, -0.1) is 0 Å². The number of halogens is 4. The lowest BCUT2D eigenvalue weighted by atomic mass is 9.81. The van der Waals surface area contributed by atoms with Crippen molar-refractivity contribution in [1.29, 1.82) is 0 Å². The fourth-order valence-electron chi connectivity index (χ4n) is 5.11. The van der Waals surface area contributed by atoms with E-state index >= 15 is 0 Å². The number of fused-ring (bicyclic) bond motifs is 1. The van der Waals surface area contributed by atoms with Crippen molar-refractivity contribution in [2.45, 2.75) is 43.1 Å². The largest absolute Gasteiger partial charge is 0.490 e. The quantitative estimate of drug-likeness (QED) is 0.225. The van der Waals surface area contributed by atoms with Gasteiger partial charge in [0.05, 0.1) is 24.0 Å². The monoisotopic (exact) mass is 636 g/mol. The molecule has 13 heteroatoms. The van der Waals surface area contributed by atoms with E-state index in [1.165, 1.54) is 31.2 Å². The minimum Gasteiger partial charge on any atom is -0.490 e. The summed E-state index contributed by atoms with van der Waals surface area (Å²) in [6, 6.07) is 15.3. The van der Waals surface area contributed by atoms with Crippen LogP contribution in [0.25, 0.3) is 22.5 Å². The number of carbonyl (C=O) groups excluding carboxylic acids is 2. The zero-order chi connectivity index (χ0) is 32.9. The number of nitrogens with two attached hydrogens (primary N) is 1. The Kier molecular flexibility index (Phi) is 7.67. The minimum atomic E-state index is -5.35. The molecule has 0 radical (unpaired) electrons. The summed E-state index contributed by atoms with van der Waals surface area (Å²) in [5.41, 5.74) is 0.542. The average molecular weight is 637 g/mol. The van der Waals surface area contributed by atoms with E-state index in [9.17, 15) is 32.3 Å². The lowest BCUT2D eigenvalue weighted by Gasteiger charge is -2.31. The van der Waals surface area contributed by atoms with Crippen molar-refractivity contribution in [2.75, 3.05) is 13.2 Å². The summed E-state index contributed by atoms with van der Waals surface area (Å²) >= 11 is 0. The molecule has 2 amide bonds. The second-order valence-corrected chi connectivity index (χ2v) is 11.5. The fraction of sp³-hybridized carbons (Fsp3) is 0.273. The van der Waals surface area contributed by atoms with Crippen molar-refractivity contribution in [3.05, 3.63) is 95.6 Å². The number of alkyl halides is 3. The SMILES string of the molecule is C[C@]1(C(N)=O)COc2c1cc(C(O)(CNC(=O)c1ccc(-c3ccccn3)c(OC3CC3)c1)C(F)(F)F)nc2-c1ccc(F)cc1. The number of hydrogen-bond donors (Lipinski definition) is 3. The minimum absolute atomic E-state index is 0.0107. The molecule has 1 aliphatic carbocycles. The van der Waals surface area contributed by atoms with Crippen LogP contribution < -0.4 is 20.5 Å². The summed E-state index contributed by atoms with van der Waals surface area (Å²) in [7, 11) is 0. The summed E-state index contributed by atoms with van der Waals surface area (Å²) in [6.45, 7) is -0.236. The van der Waals surface area contributed by atoms with Gasteiger partial charge in [0, 0.05) is 28.5 Å². The Morgan fingerprint density at radius 2 is 1.85 bits per heavy atom. The molecule has 0 spiro atoms. The number of nitrogens with zero attached hydrogens (tertiary/aromatic N) is 2. The van der Waals surface area contributed by atoms with E-state index in [0.717, 1.165) is 31.0 Å². The number of nitrogens with one attached hydrogen (secondary N) is 1. The average Bonchev–Trinajstić information content (AvgIpc) is 3.79. The zero-order valence-electron chi connectivity index (χ0n) is 24.4. The van der Waals surface area contributed by atoms with Gasteiger partial charge in [-0.05, 0) is 80.4 Å². The van der Waals surface area contributed by atoms with Crippen LogP contribution in [0.2, 0.25) is 0 Å². The molecule has 4 N–H and O–H groups in total. The third-order valence-electron chi connectivity index (χ3n) is 8.13. The third-order valence-corrected chi connectivity index (χ3v) is 8.13. The van der Waals surface area contributed by atoms with Crippen LogP contribution in [0, 0.1) is 5.82 Å². The zero-order valence-corrected chi connectivity index (χ0v) is 24.4. The molecule has 9 nitrogen and oxygen atoms in total. The van der Waals surface area contributed by atoms with Gasteiger partial charge in [0.15, 0.2) is 0 Å². The van der Waals surface area contributed by atoms with Crippen LogP contribution in [0.1, 0.15) is 41.4 Å². The molecule has 2 aromatic carbocycles. The van der Waals surface area contributed by atoms with E-state index in [2.05, 4.69) is 15.3 Å². The second-order valence-electron chi connectivity index (χ2n) is 11.5. The van der Waals surface area contributed by atoms with Crippen LogP contribution in [-0.2, 0) is 15.8 Å². The molecule has 4 aromatic rings. The van der Waals surface area contributed by atoms with Crippen molar-refractivity contribution in [3.8, 4) is 34.0 Å². The number of aromatic nitrogens is 2. The van der Waals surface area contributed by atoms with Gasteiger partial charge < -0.3 is 25.6 Å². The van der Waals surface area contributed by atoms with Crippen LogP contribution in [0.3, 0.4) is 0 Å². The Hall–Kier alpha value is -5.04. The highest BCUT2D eigenvalue weighted by molar-refractivity contribution is 5.95. The predicted octanol–water partition coefficient (Wildman–Crippen LogP) is 4.81.